The maximum Gasteiger partial charge on any atom is 0.249 e. The van der Waals surface area contributed by atoms with Gasteiger partial charge in [-0.1, -0.05) is 48.0 Å². The molecule has 266 valence electrons. The maximum atomic E-state index is 16.0. The first-order valence-electron chi connectivity index (χ1n) is 16.9. The predicted molar refractivity (Wildman–Crippen MR) is 193 cm³/mol. The summed E-state index contributed by atoms with van der Waals surface area (Å²) in [5, 5.41) is 12.1. The molecular weight excluding hydrogens is 659 g/mol. The van der Waals surface area contributed by atoms with Crippen molar-refractivity contribution in [2.45, 2.75) is 56.8 Å². The lowest BCUT2D eigenvalue weighted by molar-refractivity contribution is -0.129. The van der Waals surface area contributed by atoms with Crippen LogP contribution in [0.15, 0.2) is 73.1 Å². The van der Waals surface area contributed by atoms with Crippen LogP contribution in [0.25, 0.3) is 11.1 Å². The summed E-state index contributed by atoms with van der Waals surface area (Å²) in [6.07, 6.45) is 7.83. The third-order valence-electron chi connectivity index (χ3n) is 9.20. The van der Waals surface area contributed by atoms with E-state index in [0.717, 1.165) is 42.4 Å². The maximum absolute atomic E-state index is 16.0. The fourth-order valence-electron chi connectivity index (χ4n) is 6.35. The first-order chi connectivity index (χ1) is 24.1. The smallest absolute Gasteiger partial charge is 0.249 e. The number of hydrogen-bond donors (Lipinski definition) is 3. The normalized spacial score (nSPS) is 16.6. The second-order valence-electron chi connectivity index (χ2n) is 12.9. The van der Waals surface area contributed by atoms with Crippen LogP contribution in [0.5, 0.6) is 5.75 Å². The Hall–Kier alpha value is -4.29. The fraction of sp³-hybridized carbons (Fsp3) is 0.395. The number of carbonyl (C=O) groups excluding carboxylic acids is 2. The number of methoxy groups -OCH3 is 1. The molecule has 5 rings (SSSR count). The summed E-state index contributed by atoms with van der Waals surface area (Å²) >= 11 is 6.70. The van der Waals surface area contributed by atoms with Crippen LogP contribution in [0, 0.1) is 5.82 Å². The number of carbonyl (C=O) groups is 2. The van der Waals surface area contributed by atoms with Crippen LogP contribution >= 0.6 is 11.6 Å². The van der Waals surface area contributed by atoms with Crippen molar-refractivity contribution >= 4 is 23.4 Å². The Balaban J connectivity index is 1.27. The third-order valence-corrected chi connectivity index (χ3v) is 9.53. The van der Waals surface area contributed by atoms with Crippen molar-refractivity contribution in [3.05, 3.63) is 106 Å². The highest BCUT2D eigenvalue weighted by molar-refractivity contribution is 6.33. The summed E-state index contributed by atoms with van der Waals surface area (Å²) in [6.45, 7) is 2.01. The molecule has 1 fully saturated rings. The van der Waals surface area contributed by atoms with Gasteiger partial charge in [-0.25, -0.2) is 4.39 Å². The number of ether oxygens (including phenoxy) is 2. The van der Waals surface area contributed by atoms with Crippen molar-refractivity contribution in [2.75, 3.05) is 41.0 Å². The average Bonchev–Trinajstić information content (AvgIpc) is 3.56. The van der Waals surface area contributed by atoms with Gasteiger partial charge in [0.05, 0.1) is 18.4 Å². The number of primary amides is 1. The molecule has 1 aliphatic carbocycles. The van der Waals surface area contributed by atoms with Crippen molar-refractivity contribution in [1.29, 1.82) is 0 Å². The molecule has 1 unspecified atom stereocenters. The second kappa shape index (κ2) is 17.6. The highest BCUT2D eigenvalue weighted by atomic mass is 35.5. The van der Waals surface area contributed by atoms with Crippen molar-refractivity contribution in [1.82, 2.24) is 25.3 Å². The number of aromatic nitrogens is 2. The number of rotatable bonds is 16. The summed E-state index contributed by atoms with van der Waals surface area (Å²) in [4.78, 5) is 26.0. The van der Waals surface area contributed by atoms with Crippen LogP contribution in [0.4, 0.5) is 4.39 Å². The van der Waals surface area contributed by atoms with Gasteiger partial charge in [0.2, 0.25) is 11.8 Å². The summed E-state index contributed by atoms with van der Waals surface area (Å²) < 4.78 is 28.3. The SMILES string of the molecule is COCCOc1ccc(C(N)=O)c(-c2cc(C(CNC3CCC(NCc4cnn(CC(=O)N(C)C)c4)CC3)c3ccccc3)ccc2Cl)c1F. The lowest BCUT2D eigenvalue weighted by Gasteiger charge is -2.31. The zero-order valence-corrected chi connectivity index (χ0v) is 29.6. The van der Waals surface area contributed by atoms with Crippen LogP contribution < -0.4 is 21.1 Å². The Kier molecular flexibility index (Phi) is 13.0. The van der Waals surface area contributed by atoms with E-state index in [0.29, 0.717) is 35.8 Å². The first-order valence-corrected chi connectivity index (χ1v) is 17.3. The highest BCUT2D eigenvalue weighted by Gasteiger charge is 2.26. The molecule has 1 aromatic heterocycles. The standard InChI is InChI=1S/C38H46ClFN6O4/c1-45(2)35(47)24-46-23-25(21-44-46)20-42-28-10-12-29(13-11-28)43-22-32(26-7-5-4-6-8-26)27-9-15-33(39)31(19-27)36-30(38(41)48)14-16-34(37(36)40)50-18-17-49-3/h4-9,14-16,19,21,23,28-29,32,42-43H,10-13,17-18,20,22,24H2,1-3H3,(H2,41,48). The van der Waals surface area contributed by atoms with Crippen molar-refractivity contribution < 1.29 is 23.5 Å². The molecule has 4 N–H and O–H groups in total. The molecular formula is C38H46ClFN6O4. The van der Waals surface area contributed by atoms with Crippen LogP contribution in [-0.2, 0) is 22.6 Å². The van der Waals surface area contributed by atoms with Crippen LogP contribution in [-0.4, -0.2) is 79.5 Å². The van der Waals surface area contributed by atoms with Gasteiger partial charge in [0.1, 0.15) is 13.2 Å². The number of amides is 2. The zero-order chi connectivity index (χ0) is 35.6. The van der Waals surface area contributed by atoms with Gasteiger partial charge >= 0.3 is 0 Å². The molecule has 10 nitrogen and oxygen atoms in total. The molecule has 0 aliphatic heterocycles. The summed E-state index contributed by atoms with van der Waals surface area (Å²) in [6, 6.07) is 19.3. The molecule has 0 spiro atoms. The van der Waals surface area contributed by atoms with Crippen molar-refractivity contribution in [3.8, 4) is 16.9 Å². The van der Waals surface area contributed by atoms with E-state index in [1.807, 2.05) is 42.7 Å². The fourth-order valence-corrected chi connectivity index (χ4v) is 6.56. The summed E-state index contributed by atoms with van der Waals surface area (Å²) in [5.41, 5.74) is 9.19. The highest BCUT2D eigenvalue weighted by Crippen LogP contribution is 2.39. The number of nitrogens with two attached hydrogens (primary N) is 1. The molecule has 50 heavy (non-hydrogen) atoms. The molecule has 1 aliphatic rings. The van der Waals surface area contributed by atoms with Gasteiger partial charge in [-0.15, -0.1) is 0 Å². The van der Waals surface area contributed by atoms with Gasteiger partial charge in [-0.05, 0) is 61.1 Å². The van der Waals surface area contributed by atoms with Crippen molar-refractivity contribution in [3.63, 3.8) is 0 Å². The van der Waals surface area contributed by atoms with E-state index < -0.39 is 11.7 Å². The Labute approximate surface area is 298 Å². The average molecular weight is 705 g/mol. The minimum Gasteiger partial charge on any atom is -0.488 e. The van der Waals surface area contributed by atoms with Gasteiger partial charge in [-0.3, -0.25) is 14.3 Å². The molecule has 0 saturated heterocycles. The number of likely N-dealkylation sites (N-methyl/N-ethyl adjacent to an activating group) is 1. The lowest BCUT2D eigenvalue weighted by Crippen LogP contribution is -2.41. The van der Waals surface area contributed by atoms with Gasteiger partial charge < -0.3 is 30.7 Å². The Morgan fingerprint density at radius 1 is 1.02 bits per heavy atom. The molecule has 1 atom stereocenters. The van der Waals surface area contributed by atoms with E-state index in [4.69, 9.17) is 26.8 Å². The van der Waals surface area contributed by atoms with E-state index in [-0.39, 0.29) is 48.5 Å². The van der Waals surface area contributed by atoms with E-state index in [9.17, 15) is 9.59 Å². The van der Waals surface area contributed by atoms with Gasteiger partial charge in [0, 0.05) is 80.2 Å². The molecule has 4 aromatic rings. The van der Waals surface area contributed by atoms with E-state index >= 15 is 4.39 Å². The second-order valence-corrected chi connectivity index (χ2v) is 13.3. The zero-order valence-electron chi connectivity index (χ0n) is 28.8. The van der Waals surface area contributed by atoms with E-state index in [1.165, 1.54) is 19.2 Å². The van der Waals surface area contributed by atoms with Crippen LogP contribution in [0.1, 0.15) is 58.6 Å². The van der Waals surface area contributed by atoms with Gasteiger partial charge in [-0.2, -0.15) is 5.10 Å². The molecule has 1 saturated carbocycles. The third kappa shape index (κ3) is 9.48. The minimum atomic E-state index is -0.762. The largest absolute Gasteiger partial charge is 0.488 e. The lowest BCUT2D eigenvalue weighted by atomic mass is 9.87. The molecule has 0 radical (unpaired) electrons. The van der Waals surface area contributed by atoms with Crippen molar-refractivity contribution in [2.24, 2.45) is 5.73 Å². The molecule has 3 aromatic carbocycles. The summed E-state index contributed by atoms with van der Waals surface area (Å²) in [5.74, 6) is -1.54. The van der Waals surface area contributed by atoms with Crippen LogP contribution in [0.2, 0.25) is 5.02 Å². The molecule has 2 amide bonds. The summed E-state index contributed by atoms with van der Waals surface area (Å²) in [7, 11) is 5.01. The Morgan fingerprint density at radius 3 is 2.42 bits per heavy atom. The number of halogens is 2. The van der Waals surface area contributed by atoms with E-state index in [2.05, 4.69) is 27.9 Å². The minimum absolute atomic E-state index is 0.00450. The monoisotopic (exact) mass is 704 g/mol. The van der Waals surface area contributed by atoms with Crippen LogP contribution in [0.3, 0.4) is 0 Å². The molecule has 12 heteroatoms. The Bertz CT molecular complexity index is 1740. The quantitative estimate of drug-likeness (QED) is 0.134. The number of nitrogens with zero attached hydrogens (tertiary/aromatic N) is 3. The van der Waals surface area contributed by atoms with Gasteiger partial charge in [0.15, 0.2) is 11.6 Å². The number of hydrogen-bond acceptors (Lipinski definition) is 7. The first kappa shape index (κ1) is 37.0. The Morgan fingerprint density at radius 2 is 1.74 bits per heavy atom. The molecule has 1 heterocycles. The number of nitrogens with one attached hydrogen (secondary N) is 2. The molecule has 0 bridgehead atoms. The predicted octanol–water partition coefficient (Wildman–Crippen LogP) is 5.38. The topological polar surface area (TPSA) is 124 Å². The number of benzene rings is 3. The van der Waals surface area contributed by atoms with Gasteiger partial charge in [0.25, 0.3) is 0 Å². The van der Waals surface area contributed by atoms with E-state index in [1.54, 1.807) is 29.7 Å².